The van der Waals surface area contributed by atoms with E-state index < -0.39 is 0 Å². The number of likely N-dealkylation sites (tertiary alicyclic amines) is 1. The molecule has 19 heavy (non-hydrogen) atoms. The molecule has 2 atom stereocenters. The van der Waals surface area contributed by atoms with Crippen LogP contribution in [0.5, 0.6) is 0 Å². The number of hydrogen-bond acceptors (Lipinski definition) is 2. The standard InChI is InChI=1S/C14H28N4O/c1-5-6-16-13(19)8-17-14(15-4)18-9-11(2)7-12(3)10-18/h11-12H,5-10H2,1-4H3,(H,15,17)(H,16,19). The van der Waals surface area contributed by atoms with Crippen LogP contribution in [0.4, 0.5) is 0 Å². The number of nitrogens with zero attached hydrogens (tertiary/aromatic N) is 2. The van der Waals surface area contributed by atoms with Gasteiger partial charge in [-0.15, -0.1) is 0 Å². The Bertz CT molecular complexity index is 307. The third-order valence-corrected chi connectivity index (χ3v) is 3.36. The second kappa shape index (κ2) is 8.02. The predicted octanol–water partition coefficient (Wildman–Crippen LogP) is 1.07. The number of nitrogens with one attached hydrogen (secondary N) is 2. The number of guanidine groups is 1. The van der Waals surface area contributed by atoms with Crippen molar-refractivity contribution in [2.45, 2.75) is 33.6 Å². The molecule has 1 rings (SSSR count). The molecule has 2 N–H and O–H groups in total. The van der Waals surface area contributed by atoms with Gasteiger partial charge >= 0.3 is 0 Å². The summed E-state index contributed by atoms with van der Waals surface area (Å²) < 4.78 is 0. The molecule has 1 amide bonds. The average Bonchev–Trinajstić information content (AvgIpc) is 2.36. The van der Waals surface area contributed by atoms with Crippen LogP contribution < -0.4 is 10.6 Å². The van der Waals surface area contributed by atoms with E-state index in [1.807, 2.05) is 6.92 Å². The van der Waals surface area contributed by atoms with Gasteiger partial charge in [-0.05, 0) is 24.7 Å². The Morgan fingerprint density at radius 1 is 1.26 bits per heavy atom. The normalized spacial score (nSPS) is 24.2. The summed E-state index contributed by atoms with van der Waals surface area (Å²) in [6.45, 7) is 9.64. The van der Waals surface area contributed by atoms with Crippen molar-refractivity contribution in [2.75, 3.05) is 33.2 Å². The molecule has 1 aliphatic heterocycles. The van der Waals surface area contributed by atoms with E-state index in [0.717, 1.165) is 32.0 Å². The lowest BCUT2D eigenvalue weighted by molar-refractivity contribution is -0.120. The summed E-state index contributed by atoms with van der Waals surface area (Å²) in [7, 11) is 1.77. The monoisotopic (exact) mass is 268 g/mol. The molecule has 5 nitrogen and oxygen atoms in total. The maximum Gasteiger partial charge on any atom is 0.239 e. The van der Waals surface area contributed by atoms with Gasteiger partial charge in [0, 0.05) is 26.7 Å². The maximum absolute atomic E-state index is 11.6. The van der Waals surface area contributed by atoms with Crippen LogP contribution in [-0.4, -0.2) is 50.0 Å². The lowest BCUT2D eigenvalue weighted by Crippen LogP contribution is -2.50. The van der Waals surface area contributed by atoms with E-state index in [4.69, 9.17) is 0 Å². The summed E-state index contributed by atoms with van der Waals surface area (Å²) in [4.78, 5) is 18.1. The van der Waals surface area contributed by atoms with Gasteiger partial charge in [0.05, 0.1) is 6.54 Å². The molecule has 1 fully saturated rings. The van der Waals surface area contributed by atoms with E-state index in [1.165, 1.54) is 6.42 Å². The average molecular weight is 268 g/mol. The molecule has 5 heteroatoms. The minimum atomic E-state index is 0.0288. The van der Waals surface area contributed by atoms with Crippen molar-refractivity contribution < 1.29 is 4.79 Å². The Morgan fingerprint density at radius 3 is 2.42 bits per heavy atom. The van der Waals surface area contributed by atoms with Crippen LogP contribution in [0.3, 0.4) is 0 Å². The highest BCUT2D eigenvalue weighted by molar-refractivity contribution is 5.86. The Hall–Kier alpha value is -1.26. The minimum Gasteiger partial charge on any atom is -0.355 e. The molecule has 0 aromatic heterocycles. The van der Waals surface area contributed by atoms with Crippen molar-refractivity contribution in [1.82, 2.24) is 15.5 Å². The quantitative estimate of drug-likeness (QED) is 0.592. The summed E-state index contributed by atoms with van der Waals surface area (Å²) in [5.41, 5.74) is 0. The molecule has 0 saturated carbocycles. The zero-order valence-corrected chi connectivity index (χ0v) is 12.7. The van der Waals surface area contributed by atoms with Gasteiger partial charge in [-0.25, -0.2) is 0 Å². The molecule has 0 aromatic carbocycles. The highest BCUT2D eigenvalue weighted by atomic mass is 16.1. The van der Waals surface area contributed by atoms with Gasteiger partial charge in [0.1, 0.15) is 0 Å². The molecule has 1 aliphatic rings. The van der Waals surface area contributed by atoms with E-state index in [1.54, 1.807) is 7.05 Å². The molecule has 0 spiro atoms. The number of carbonyl (C=O) groups is 1. The molecular weight excluding hydrogens is 240 g/mol. The third-order valence-electron chi connectivity index (χ3n) is 3.36. The number of rotatable bonds is 4. The van der Waals surface area contributed by atoms with Gasteiger partial charge < -0.3 is 15.5 Å². The van der Waals surface area contributed by atoms with Crippen LogP contribution in [-0.2, 0) is 4.79 Å². The van der Waals surface area contributed by atoms with E-state index in [0.29, 0.717) is 18.4 Å². The van der Waals surface area contributed by atoms with E-state index in [9.17, 15) is 4.79 Å². The fraction of sp³-hybridized carbons (Fsp3) is 0.857. The van der Waals surface area contributed by atoms with Gasteiger partial charge in [0.2, 0.25) is 5.91 Å². The summed E-state index contributed by atoms with van der Waals surface area (Å²) in [5.74, 6) is 2.22. The van der Waals surface area contributed by atoms with E-state index in [-0.39, 0.29) is 5.91 Å². The van der Waals surface area contributed by atoms with Crippen molar-refractivity contribution in [3.05, 3.63) is 0 Å². The maximum atomic E-state index is 11.6. The van der Waals surface area contributed by atoms with Crippen molar-refractivity contribution >= 4 is 11.9 Å². The lowest BCUT2D eigenvalue weighted by atomic mass is 9.92. The smallest absolute Gasteiger partial charge is 0.239 e. The topological polar surface area (TPSA) is 56.7 Å². The van der Waals surface area contributed by atoms with Crippen molar-refractivity contribution in [2.24, 2.45) is 16.8 Å². The molecule has 0 aliphatic carbocycles. The van der Waals surface area contributed by atoms with E-state index >= 15 is 0 Å². The highest BCUT2D eigenvalue weighted by Crippen LogP contribution is 2.20. The lowest BCUT2D eigenvalue weighted by Gasteiger charge is -2.37. The Labute approximate surface area is 116 Å². The Morgan fingerprint density at radius 2 is 1.89 bits per heavy atom. The fourth-order valence-corrected chi connectivity index (χ4v) is 2.65. The Kier molecular flexibility index (Phi) is 6.67. The van der Waals surface area contributed by atoms with Crippen LogP contribution in [0.2, 0.25) is 0 Å². The van der Waals surface area contributed by atoms with Crippen molar-refractivity contribution in [3.63, 3.8) is 0 Å². The molecule has 2 unspecified atom stereocenters. The third kappa shape index (κ3) is 5.49. The summed E-state index contributed by atoms with van der Waals surface area (Å²) in [5, 5.41) is 6.01. The SMILES string of the molecule is CCCNC(=O)CNC(=NC)N1CC(C)CC(C)C1. The van der Waals surface area contributed by atoms with E-state index in [2.05, 4.69) is 34.4 Å². The highest BCUT2D eigenvalue weighted by Gasteiger charge is 2.24. The number of aliphatic imine (C=N–C) groups is 1. The molecule has 1 heterocycles. The summed E-state index contributed by atoms with van der Waals surface area (Å²) in [6.07, 6.45) is 2.23. The first-order chi connectivity index (χ1) is 9.06. The first-order valence-electron chi connectivity index (χ1n) is 7.29. The number of amides is 1. The van der Waals surface area contributed by atoms with Crippen LogP contribution >= 0.6 is 0 Å². The van der Waals surface area contributed by atoms with Crippen LogP contribution in [0, 0.1) is 11.8 Å². The van der Waals surface area contributed by atoms with Gasteiger partial charge in [-0.3, -0.25) is 9.79 Å². The number of piperidine rings is 1. The van der Waals surface area contributed by atoms with Gasteiger partial charge in [-0.2, -0.15) is 0 Å². The second-order valence-corrected chi connectivity index (χ2v) is 5.60. The molecule has 0 bridgehead atoms. The largest absolute Gasteiger partial charge is 0.355 e. The molecular formula is C14H28N4O. The van der Waals surface area contributed by atoms with Crippen LogP contribution in [0.15, 0.2) is 4.99 Å². The fourth-order valence-electron chi connectivity index (χ4n) is 2.65. The number of hydrogen-bond donors (Lipinski definition) is 2. The first-order valence-corrected chi connectivity index (χ1v) is 7.29. The van der Waals surface area contributed by atoms with Crippen molar-refractivity contribution in [3.8, 4) is 0 Å². The molecule has 0 radical (unpaired) electrons. The predicted molar refractivity (Wildman–Crippen MR) is 79.2 cm³/mol. The van der Waals surface area contributed by atoms with Gasteiger partial charge in [0.25, 0.3) is 0 Å². The minimum absolute atomic E-state index is 0.0288. The summed E-state index contributed by atoms with van der Waals surface area (Å²) >= 11 is 0. The summed E-state index contributed by atoms with van der Waals surface area (Å²) in [6, 6.07) is 0. The Balaban J connectivity index is 2.43. The zero-order valence-electron chi connectivity index (χ0n) is 12.7. The van der Waals surface area contributed by atoms with Crippen LogP contribution in [0.1, 0.15) is 33.6 Å². The molecule has 110 valence electrons. The van der Waals surface area contributed by atoms with Gasteiger partial charge in [-0.1, -0.05) is 20.8 Å². The molecule has 1 saturated heterocycles. The number of carbonyl (C=O) groups excluding carboxylic acids is 1. The van der Waals surface area contributed by atoms with Crippen LogP contribution in [0.25, 0.3) is 0 Å². The second-order valence-electron chi connectivity index (χ2n) is 5.60. The van der Waals surface area contributed by atoms with Crippen molar-refractivity contribution in [1.29, 1.82) is 0 Å². The van der Waals surface area contributed by atoms with Gasteiger partial charge in [0.15, 0.2) is 5.96 Å². The first kappa shape index (κ1) is 15.8. The zero-order chi connectivity index (χ0) is 14.3. The molecule has 0 aromatic rings.